The summed E-state index contributed by atoms with van der Waals surface area (Å²) in [6.45, 7) is 2.26. The predicted octanol–water partition coefficient (Wildman–Crippen LogP) is 4.24. The molecule has 0 aliphatic carbocycles. The number of nitrogens with one attached hydrogen (secondary N) is 1. The molecule has 0 rings (SSSR count). The van der Waals surface area contributed by atoms with Crippen LogP contribution in [0, 0.1) is 11.5 Å². The van der Waals surface area contributed by atoms with Gasteiger partial charge in [-0.1, -0.05) is 58.3 Å². The van der Waals surface area contributed by atoms with Crippen LogP contribution in [0.5, 0.6) is 0 Å². The molecule has 3 heteroatoms. The van der Waals surface area contributed by atoms with Crippen molar-refractivity contribution < 1.29 is 0 Å². The molecule has 0 amide bonds. The Morgan fingerprint density at radius 3 is 2.00 bits per heavy atom. The third kappa shape index (κ3) is 13.6. The Kier molecular flexibility index (Phi) is 13.3. The van der Waals surface area contributed by atoms with Crippen molar-refractivity contribution in [3.8, 4) is 6.19 Å². The van der Waals surface area contributed by atoms with Crippen LogP contribution < -0.4 is 4.72 Å². The van der Waals surface area contributed by atoms with Gasteiger partial charge >= 0.3 is 0 Å². The number of hydrogen-bond donors (Lipinski definition) is 1. The monoisotopic (exact) mass is 228 g/mol. The third-order valence-corrected chi connectivity index (χ3v) is 3.20. The van der Waals surface area contributed by atoms with Gasteiger partial charge in [-0.15, -0.1) is 0 Å². The van der Waals surface area contributed by atoms with E-state index in [1.165, 1.54) is 69.7 Å². The fourth-order valence-electron chi connectivity index (χ4n) is 1.57. The van der Waals surface area contributed by atoms with Crippen molar-refractivity contribution in [1.82, 2.24) is 4.72 Å². The minimum Gasteiger partial charge on any atom is -0.267 e. The van der Waals surface area contributed by atoms with Gasteiger partial charge in [0, 0.05) is 5.75 Å². The fraction of sp³-hybridized carbons (Fsp3) is 0.917. The summed E-state index contributed by atoms with van der Waals surface area (Å²) in [7, 11) is 0. The van der Waals surface area contributed by atoms with E-state index < -0.39 is 0 Å². The molecule has 15 heavy (non-hydrogen) atoms. The average Bonchev–Trinajstić information content (AvgIpc) is 2.26. The second-order valence-electron chi connectivity index (χ2n) is 3.89. The van der Waals surface area contributed by atoms with E-state index in [-0.39, 0.29) is 0 Å². The Balaban J connectivity index is 2.84. The molecule has 0 aromatic carbocycles. The molecule has 0 aromatic heterocycles. The lowest BCUT2D eigenvalue weighted by atomic mass is 10.1. The molecule has 0 saturated heterocycles. The first-order valence-corrected chi connectivity index (χ1v) is 7.16. The average molecular weight is 228 g/mol. The van der Waals surface area contributed by atoms with Crippen LogP contribution >= 0.6 is 11.9 Å². The van der Waals surface area contributed by atoms with Gasteiger partial charge in [0.1, 0.15) is 0 Å². The lowest BCUT2D eigenvalue weighted by Gasteiger charge is -2.01. The van der Waals surface area contributed by atoms with Gasteiger partial charge in [0.25, 0.3) is 0 Å². The summed E-state index contributed by atoms with van der Waals surface area (Å²) in [5, 5.41) is 8.23. The summed E-state index contributed by atoms with van der Waals surface area (Å²) in [6, 6.07) is 0. The highest BCUT2D eigenvalue weighted by molar-refractivity contribution is 7.97. The number of hydrogen-bond acceptors (Lipinski definition) is 3. The first-order chi connectivity index (χ1) is 7.41. The molecule has 0 aliphatic rings. The number of nitrogens with zero attached hydrogens (tertiary/aromatic N) is 1. The zero-order valence-electron chi connectivity index (χ0n) is 9.93. The zero-order chi connectivity index (χ0) is 11.2. The molecule has 0 bridgehead atoms. The SMILES string of the molecule is CCCCCCCCCCCSNC#N. The van der Waals surface area contributed by atoms with Crippen molar-refractivity contribution in [2.24, 2.45) is 0 Å². The molecule has 0 radical (unpaired) electrons. The standard InChI is InChI=1S/C12H24N2S/c1-2-3-4-5-6-7-8-9-10-11-15-14-12-13/h14H,2-11H2,1H3. The molecule has 0 unspecified atom stereocenters. The molecule has 0 heterocycles. The lowest BCUT2D eigenvalue weighted by Crippen LogP contribution is -1.93. The van der Waals surface area contributed by atoms with E-state index in [4.69, 9.17) is 5.26 Å². The second-order valence-corrected chi connectivity index (χ2v) is 4.79. The van der Waals surface area contributed by atoms with Gasteiger partial charge in [-0.3, -0.25) is 4.72 Å². The van der Waals surface area contributed by atoms with Crippen LogP contribution in [-0.2, 0) is 0 Å². The van der Waals surface area contributed by atoms with E-state index in [0.717, 1.165) is 5.75 Å². The molecular formula is C12H24N2S. The normalized spacial score (nSPS) is 9.87. The maximum atomic E-state index is 8.23. The maximum absolute atomic E-state index is 8.23. The maximum Gasteiger partial charge on any atom is 0.187 e. The summed E-state index contributed by atoms with van der Waals surface area (Å²) in [5.41, 5.74) is 0. The quantitative estimate of drug-likeness (QED) is 0.249. The van der Waals surface area contributed by atoms with Gasteiger partial charge in [-0.25, -0.2) is 0 Å². The summed E-state index contributed by atoms with van der Waals surface area (Å²) in [4.78, 5) is 0. The van der Waals surface area contributed by atoms with Crippen LogP contribution in [0.25, 0.3) is 0 Å². The Hall–Kier alpha value is -0.360. The van der Waals surface area contributed by atoms with Gasteiger partial charge in [0.05, 0.1) is 0 Å². The first-order valence-electron chi connectivity index (χ1n) is 6.17. The molecular weight excluding hydrogens is 204 g/mol. The predicted molar refractivity (Wildman–Crippen MR) is 68.4 cm³/mol. The van der Waals surface area contributed by atoms with Crippen LogP contribution in [0.15, 0.2) is 0 Å². The van der Waals surface area contributed by atoms with E-state index in [0.29, 0.717) is 0 Å². The third-order valence-electron chi connectivity index (χ3n) is 2.47. The second kappa shape index (κ2) is 13.6. The van der Waals surface area contributed by atoms with Crippen molar-refractivity contribution in [3.05, 3.63) is 0 Å². The van der Waals surface area contributed by atoms with Gasteiger partial charge in [-0.05, 0) is 18.4 Å². The van der Waals surface area contributed by atoms with Crippen LogP contribution in [-0.4, -0.2) is 5.75 Å². The summed E-state index contributed by atoms with van der Waals surface area (Å²) >= 11 is 1.52. The largest absolute Gasteiger partial charge is 0.267 e. The summed E-state index contributed by atoms with van der Waals surface area (Å²) in [5.74, 6) is 1.06. The van der Waals surface area contributed by atoms with Crippen LogP contribution in [0.3, 0.4) is 0 Å². The Bertz CT molecular complexity index is 154. The van der Waals surface area contributed by atoms with Gasteiger partial charge in [0.2, 0.25) is 0 Å². The Morgan fingerprint density at radius 2 is 1.47 bits per heavy atom. The van der Waals surface area contributed by atoms with E-state index in [1.807, 2.05) is 6.19 Å². The van der Waals surface area contributed by atoms with Crippen LogP contribution in [0.4, 0.5) is 0 Å². The van der Waals surface area contributed by atoms with Crippen molar-refractivity contribution in [3.63, 3.8) is 0 Å². The molecule has 0 spiro atoms. The van der Waals surface area contributed by atoms with Crippen LogP contribution in [0.1, 0.15) is 64.7 Å². The minimum atomic E-state index is 1.06. The lowest BCUT2D eigenvalue weighted by molar-refractivity contribution is 0.573. The van der Waals surface area contributed by atoms with Crippen molar-refractivity contribution >= 4 is 11.9 Å². The molecule has 0 saturated carbocycles. The highest BCUT2D eigenvalue weighted by Crippen LogP contribution is 2.10. The molecule has 88 valence electrons. The summed E-state index contributed by atoms with van der Waals surface area (Å²) in [6.07, 6.45) is 14.2. The first kappa shape index (κ1) is 14.6. The van der Waals surface area contributed by atoms with E-state index in [1.54, 1.807) is 0 Å². The summed E-state index contributed by atoms with van der Waals surface area (Å²) < 4.78 is 2.60. The molecule has 0 aromatic rings. The highest BCUT2D eigenvalue weighted by atomic mass is 32.2. The molecule has 0 atom stereocenters. The van der Waals surface area contributed by atoms with Crippen molar-refractivity contribution in [2.45, 2.75) is 64.7 Å². The van der Waals surface area contributed by atoms with E-state index in [9.17, 15) is 0 Å². The van der Waals surface area contributed by atoms with Crippen molar-refractivity contribution in [1.29, 1.82) is 5.26 Å². The number of unbranched alkanes of at least 4 members (excludes halogenated alkanes) is 8. The zero-order valence-corrected chi connectivity index (χ0v) is 10.7. The fourth-order valence-corrected chi connectivity index (χ4v) is 2.08. The topological polar surface area (TPSA) is 35.8 Å². The van der Waals surface area contributed by atoms with Crippen LogP contribution in [0.2, 0.25) is 0 Å². The molecule has 2 nitrogen and oxygen atoms in total. The number of nitriles is 1. The van der Waals surface area contributed by atoms with Crippen molar-refractivity contribution in [2.75, 3.05) is 5.75 Å². The minimum absolute atomic E-state index is 1.06. The molecule has 1 N–H and O–H groups in total. The van der Waals surface area contributed by atoms with Gasteiger partial charge in [0.15, 0.2) is 6.19 Å². The van der Waals surface area contributed by atoms with Gasteiger partial charge < -0.3 is 0 Å². The Labute approximate surface area is 99.0 Å². The van der Waals surface area contributed by atoms with E-state index >= 15 is 0 Å². The Morgan fingerprint density at radius 1 is 0.933 bits per heavy atom. The highest BCUT2D eigenvalue weighted by Gasteiger charge is 1.92. The number of rotatable bonds is 11. The van der Waals surface area contributed by atoms with E-state index in [2.05, 4.69) is 11.6 Å². The molecule has 0 aliphatic heterocycles. The smallest absolute Gasteiger partial charge is 0.187 e. The molecule has 0 fully saturated rings. The van der Waals surface area contributed by atoms with Gasteiger partial charge in [-0.2, -0.15) is 5.26 Å².